The van der Waals surface area contributed by atoms with Gasteiger partial charge in [-0.2, -0.15) is 0 Å². The summed E-state index contributed by atoms with van der Waals surface area (Å²) in [5, 5.41) is 3.76. The molecule has 1 aliphatic heterocycles. The Morgan fingerprint density at radius 1 is 0.685 bits per heavy atom. The van der Waals surface area contributed by atoms with Gasteiger partial charge in [-0.25, -0.2) is 0 Å². The molecule has 264 valence electrons. The normalized spacial score (nSPS) is 20.0. The minimum absolute atomic E-state index is 0.0479. The number of hydrogen-bond donors (Lipinski definition) is 1. The fourth-order valence-electron chi connectivity index (χ4n) is 8.35. The van der Waals surface area contributed by atoms with Gasteiger partial charge in [-0.15, -0.1) is 0 Å². The van der Waals surface area contributed by atoms with Gasteiger partial charge in [0.15, 0.2) is 0 Å². The molecule has 0 amide bonds. The van der Waals surface area contributed by atoms with Crippen molar-refractivity contribution in [3.63, 3.8) is 0 Å². The molecule has 1 nitrogen and oxygen atoms in total. The number of hydrogen-bond acceptors (Lipinski definition) is 1. The molecule has 1 N–H and O–H groups in total. The Bertz CT molecular complexity index is 2440. The Kier molecular flexibility index (Phi) is 9.72. The molecule has 0 spiro atoms. The van der Waals surface area contributed by atoms with Crippen LogP contribution < -0.4 is 5.32 Å². The minimum Gasteiger partial charge on any atom is -0.381 e. The summed E-state index contributed by atoms with van der Waals surface area (Å²) in [6.07, 6.45) is 28.0. The highest BCUT2D eigenvalue weighted by Gasteiger charge is 2.37. The van der Waals surface area contributed by atoms with Crippen molar-refractivity contribution < 1.29 is 0 Å². The van der Waals surface area contributed by atoms with Gasteiger partial charge in [0.2, 0.25) is 0 Å². The maximum Gasteiger partial charge on any atom is 0.0702 e. The van der Waals surface area contributed by atoms with E-state index >= 15 is 0 Å². The summed E-state index contributed by atoms with van der Waals surface area (Å²) >= 11 is 0. The van der Waals surface area contributed by atoms with E-state index in [0.29, 0.717) is 0 Å². The number of rotatable bonds is 7. The highest BCUT2D eigenvalue weighted by atomic mass is 14.9. The van der Waals surface area contributed by atoms with Crippen LogP contribution in [-0.4, -0.2) is 0 Å². The quantitative estimate of drug-likeness (QED) is 0.167. The number of nitrogens with one attached hydrogen (secondary N) is 1. The third kappa shape index (κ3) is 6.86. The first-order valence-electron chi connectivity index (χ1n) is 19.1. The van der Waals surface area contributed by atoms with Gasteiger partial charge in [-0.1, -0.05) is 172 Å². The van der Waals surface area contributed by atoms with Gasteiger partial charge in [0.1, 0.15) is 0 Å². The molecule has 2 aliphatic carbocycles. The molecule has 0 radical (unpaired) electrons. The van der Waals surface area contributed by atoms with Crippen molar-refractivity contribution in [1.82, 2.24) is 5.32 Å². The standard InChI is InChI=1S/C53H47N/c1-5-6-17-38-21-16-23-47(37(38)2)45-32-44(43-29-30-51-49(35-43)48-22-13-14-24-50(48)53(51,3)4)33-46(34-45)52-36-42(20-10-7-8-15-31-54-52)41-27-25-40(26-28-41)39-18-11-9-12-19-39/h5-13,15-23,25-36,52,54H,1,14,24H2,2-4H3/b8-7-,17-6-,20-10+,31-15-,42-36+. The highest BCUT2D eigenvalue weighted by Crippen LogP contribution is 2.51. The Morgan fingerprint density at radius 2 is 1.44 bits per heavy atom. The minimum atomic E-state index is -0.0898. The molecule has 5 aromatic rings. The van der Waals surface area contributed by atoms with Crippen molar-refractivity contribution >= 4 is 17.2 Å². The Morgan fingerprint density at radius 3 is 2.28 bits per heavy atom. The molecule has 5 aromatic carbocycles. The summed E-state index contributed by atoms with van der Waals surface area (Å²) < 4.78 is 0. The summed E-state index contributed by atoms with van der Waals surface area (Å²) in [5.41, 5.74) is 19.1. The summed E-state index contributed by atoms with van der Waals surface area (Å²) in [7, 11) is 0. The summed E-state index contributed by atoms with van der Waals surface area (Å²) in [5.74, 6) is 0. The smallest absolute Gasteiger partial charge is 0.0702 e. The monoisotopic (exact) mass is 697 g/mol. The molecular weight excluding hydrogens is 651 g/mol. The third-order valence-electron chi connectivity index (χ3n) is 11.3. The average molecular weight is 698 g/mol. The van der Waals surface area contributed by atoms with Gasteiger partial charge in [-0.3, -0.25) is 0 Å². The molecule has 0 saturated carbocycles. The van der Waals surface area contributed by atoms with Crippen molar-refractivity contribution in [2.24, 2.45) is 0 Å². The Balaban J connectivity index is 1.28. The van der Waals surface area contributed by atoms with E-state index in [9.17, 15) is 0 Å². The molecule has 0 saturated heterocycles. The molecule has 0 fully saturated rings. The zero-order chi connectivity index (χ0) is 37.1. The lowest BCUT2D eigenvalue weighted by atomic mass is 9.78. The van der Waals surface area contributed by atoms with E-state index in [4.69, 9.17) is 0 Å². The SMILES string of the molecule is C=C/C=C\c1cccc(-c2cc(-c3ccc4c(c3)C3=C(CCC=C3)C4(C)C)cc(C3\C=C(c4ccc(-c5ccccc5)cc4)/C=C/C=C\C=C/N3)c2)c1C. The van der Waals surface area contributed by atoms with Crippen LogP contribution in [0.4, 0.5) is 0 Å². The van der Waals surface area contributed by atoms with Gasteiger partial charge in [0.05, 0.1) is 6.04 Å². The predicted molar refractivity (Wildman–Crippen MR) is 233 cm³/mol. The van der Waals surface area contributed by atoms with E-state index in [1.807, 2.05) is 12.2 Å². The number of benzene rings is 5. The third-order valence-corrected chi connectivity index (χ3v) is 11.3. The molecule has 0 aromatic heterocycles. The van der Waals surface area contributed by atoms with Crippen LogP contribution in [0.1, 0.15) is 66.1 Å². The van der Waals surface area contributed by atoms with Crippen LogP contribution in [0.3, 0.4) is 0 Å². The molecule has 1 unspecified atom stereocenters. The largest absolute Gasteiger partial charge is 0.381 e. The number of fused-ring (bicyclic) bond motifs is 2. The first kappa shape index (κ1) is 34.9. The van der Waals surface area contributed by atoms with E-state index < -0.39 is 0 Å². The lowest BCUT2D eigenvalue weighted by Gasteiger charge is -2.25. The summed E-state index contributed by atoms with van der Waals surface area (Å²) in [6.45, 7) is 10.9. The second-order valence-corrected chi connectivity index (χ2v) is 15.0. The molecule has 54 heavy (non-hydrogen) atoms. The van der Waals surface area contributed by atoms with E-state index in [-0.39, 0.29) is 11.5 Å². The summed E-state index contributed by atoms with van der Waals surface area (Å²) in [4.78, 5) is 0. The molecule has 1 heteroatoms. The van der Waals surface area contributed by atoms with Gasteiger partial charge in [0, 0.05) is 5.41 Å². The first-order valence-corrected chi connectivity index (χ1v) is 19.1. The Labute approximate surface area is 321 Å². The molecule has 8 rings (SSSR count). The zero-order valence-corrected chi connectivity index (χ0v) is 31.5. The maximum absolute atomic E-state index is 3.91. The van der Waals surface area contributed by atoms with Crippen LogP contribution in [0, 0.1) is 6.92 Å². The van der Waals surface area contributed by atoms with E-state index in [1.165, 1.54) is 72.3 Å². The number of allylic oxidation sites excluding steroid dienone is 12. The van der Waals surface area contributed by atoms with Gasteiger partial charge >= 0.3 is 0 Å². The average Bonchev–Trinajstić information content (AvgIpc) is 3.45. The fraction of sp³-hybridized carbons (Fsp3) is 0.132. The van der Waals surface area contributed by atoms with Crippen molar-refractivity contribution in [1.29, 1.82) is 0 Å². The lowest BCUT2D eigenvalue weighted by Crippen LogP contribution is -2.17. The van der Waals surface area contributed by atoms with Crippen molar-refractivity contribution in [3.05, 3.63) is 222 Å². The fourth-order valence-corrected chi connectivity index (χ4v) is 8.35. The molecule has 0 bridgehead atoms. The van der Waals surface area contributed by atoms with Crippen LogP contribution in [0.2, 0.25) is 0 Å². The van der Waals surface area contributed by atoms with Crippen molar-refractivity contribution in [3.8, 4) is 33.4 Å². The molecule has 3 aliphatic rings. The van der Waals surface area contributed by atoms with Crippen LogP contribution in [0.25, 0.3) is 50.6 Å². The van der Waals surface area contributed by atoms with Crippen LogP contribution in [0.15, 0.2) is 188 Å². The van der Waals surface area contributed by atoms with Crippen LogP contribution >= 0.6 is 0 Å². The first-order chi connectivity index (χ1) is 26.4. The van der Waals surface area contributed by atoms with E-state index in [0.717, 1.165) is 18.4 Å². The molecule has 1 atom stereocenters. The molecular formula is C53H47N. The topological polar surface area (TPSA) is 12.0 Å². The maximum atomic E-state index is 3.91. The van der Waals surface area contributed by atoms with Gasteiger partial charge < -0.3 is 5.32 Å². The van der Waals surface area contributed by atoms with Gasteiger partial charge in [-0.05, 0) is 134 Å². The van der Waals surface area contributed by atoms with Crippen molar-refractivity contribution in [2.45, 2.75) is 45.1 Å². The van der Waals surface area contributed by atoms with E-state index in [2.05, 4.69) is 203 Å². The lowest BCUT2D eigenvalue weighted by molar-refractivity contribution is 0.607. The van der Waals surface area contributed by atoms with Crippen LogP contribution in [-0.2, 0) is 5.41 Å². The van der Waals surface area contributed by atoms with Gasteiger partial charge in [0.25, 0.3) is 0 Å². The highest BCUT2D eigenvalue weighted by molar-refractivity contribution is 5.89. The Hall–Kier alpha value is -6.18. The predicted octanol–water partition coefficient (Wildman–Crippen LogP) is 13.9. The van der Waals surface area contributed by atoms with Crippen molar-refractivity contribution in [2.75, 3.05) is 0 Å². The van der Waals surface area contributed by atoms with Crippen LogP contribution in [0.5, 0.6) is 0 Å². The second-order valence-electron chi connectivity index (χ2n) is 15.0. The van der Waals surface area contributed by atoms with E-state index in [1.54, 1.807) is 5.57 Å². The zero-order valence-electron chi connectivity index (χ0n) is 31.5. The second kappa shape index (κ2) is 15.0. The summed E-state index contributed by atoms with van der Waals surface area (Å²) in [6, 6.07) is 40.3. The molecule has 1 heterocycles.